The molecular formula is C14H8ClFN2O. The van der Waals surface area contributed by atoms with E-state index in [2.05, 4.69) is 5.32 Å². The zero-order valence-electron chi connectivity index (χ0n) is 9.65. The molecule has 0 saturated carbocycles. The number of carbonyl (C=O) groups is 1. The number of benzene rings is 2. The summed E-state index contributed by atoms with van der Waals surface area (Å²) >= 11 is 5.61. The first-order valence-corrected chi connectivity index (χ1v) is 5.75. The minimum Gasteiger partial charge on any atom is -0.321 e. The molecule has 0 bridgehead atoms. The lowest BCUT2D eigenvalue weighted by Gasteiger charge is -2.07. The molecule has 0 spiro atoms. The molecule has 0 fully saturated rings. The van der Waals surface area contributed by atoms with Gasteiger partial charge in [0.1, 0.15) is 11.9 Å². The average Bonchev–Trinajstić information content (AvgIpc) is 2.39. The smallest absolute Gasteiger partial charge is 0.258 e. The van der Waals surface area contributed by atoms with Gasteiger partial charge in [0, 0.05) is 5.02 Å². The van der Waals surface area contributed by atoms with Crippen LogP contribution in [-0.2, 0) is 0 Å². The van der Waals surface area contributed by atoms with Gasteiger partial charge in [-0.3, -0.25) is 4.79 Å². The van der Waals surface area contributed by atoms with Crippen molar-refractivity contribution in [2.45, 2.75) is 0 Å². The van der Waals surface area contributed by atoms with Gasteiger partial charge < -0.3 is 5.32 Å². The number of amides is 1. The third kappa shape index (κ3) is 2.90. The number of nitrogens with zero attached hydrogens (tertiary/aromatic N) is 1. The third-order valence-corrected chi connectivity index (χ3v) is 2.71. The predicted octanol–water partition coefficient (Wildman–Crippen LogP) is 3.60. The van der Waals surface area contributed by atoms with Gasteiger partial charge in [0.2, 0.25) is 0 Å². The summed E-state index contributed by atoms with van der Waals surface area (Å²) in [6, 6.07) is 12.2. The highest BCUT2D eigenvalue weighted by Crippen LogP contribution is 2.18. The van der Waals surface area contributed by atoms with Crippen LogP contribution >= 0.6 is 11.6 Å². The van der Waals surface area contributed by atoms with Crippen LogP contribution in [0.5, 0.6) is 0 Å². The third-order valence-electron chi connectivity index (χ3n) is 2.47. The van der Waals surface area contributed by atoms with Crippen LogP contribution in [0.3, 0.4) is 0 Å². The lowest BCUT2D eigenvalue weighted by atomic mass is 10.1. The normalized spacial score (nSPS) is 9.74. The Morgan fingerprint density at radius 3 is 2.68 bits per heavy atom. The predicted molar refractivity (Wildman–Crippen MR) is 70.5 cm³/mol. The van der Waals surface area contributed by atoms with Crippen LogP contribution in [0, 0.1) is 17.1 Å². The summed E-state index contributed by atoms with van der Waals surface area (Å²) in [7, 11) is 0. The molecule has 0 aliphatic carbocycles. The van der Waals surface area contributed by atoms with E-state index in [0.717, 1.165) is 6.07 Å². The largest absolute Gasteiger partial charge is 0.321 e. The van der Waals surface area contributed by atoms with Gasteiger partial charge in [-0.25, -0.2) is 4.39 Å². The number of halogens is 2. The van der Waals surface area contributed by atoms with E-state index in [1.807, 2.05) is 6.07 Å². The molecule has 0 unspecified atom stereocenters. The maximum Gasteiger partial charge on any atom is 0.258 e. The number of nitrogens with one attached hydrogen (secondary N) is 1. The van der Waals surface area contributed by atoms with E-state index in [1.165, 1.54) is 12.1 Å². The number of anilines is 1. The fourth-order valence-corrected chi connectivity index (χ4v) is 1.71. The fraction of sp³-hybridized carbons (Fsp3) is 0. The number of nitriles is 1. The van der Waals surface area contributed by atoms with Crippen LogP contribution in [-0.4, -0.2) is 5.91 Å². The van der Waals surface area contributed by atoms with E-state index in [9.17, 15) is 9.18 Å². The first-order chi connectivity index (χ1) is 9.11. The summed E-state index contributed by atoms with van der Waals surface area (Å²) in [5, 5.41) is 11.6. The molecular weight excluding hydrogens is 267 g/mol. The highest BCUT2D eigenvalue weighted by atomic mass is 35.5. The molecule has 3 nitrogen and oxygen atoms in total. The van der Waals surface area contributed by atoms with Gasteiger partial charge in [-0.2, -0.15) is 5.26 Å². The second-order valence-corrected chi connectivity index (χ2v) is 4.17. The van der Waals surface area contributed by atoms with Gasteiger partial charge in [0.25, 0.3) is 5.91 Å². The second-order valence-electron chi connectivity index (χ2n) is 3.74. The highest BCUT2D eigenvalue weighted by molar-refractivity contribution is 6.30. The van der Waals surface area contributed by atoms with E-state index < -0.39 is 11.7 Å². The van der Waals surface area contributed by atoms with Gasteiger partial charge in [-0.1, -0.05) is 23.7 Å². The Morgan fingerprint density at radius 2 is 2.00 bits per heavy atom. The van der Waals surface area contributed by atoms with Crippen molar-refractivity contribution in [2.75, 3.05) is 5.32 Å². The quantitative estimate of drug-likeness (QED) is 0.909. The molecule has 19 heavy (non-hydrogen) atoms. The van der Waals surface area contributed by atoms with Crippen LogP contribution in [0.1, 0.15) is 15.9 Å². The molecule has 94 valence electrons. The summed E-state index contributed by atoms with van der Waals surface area (Å²) in [5.74, 6) is -1.34. The molecule has 0 heterocycles. The van der Waals surface area contributed by atoms with Crippen molar-refractivity contribution in [2.24, 2.45) is 0 Å². The van der Waals surface area contributed by atoms with Crippen molar-refractivity contribution >= 4 is 23.2 Å². The lowest BCUT2D eigenvalue weighted by Crippen LogP contribution is -2.14. The van der Waals surface area contributed by atoms with Crippen molar-refractivity contribution in [3.63, 3.8) is 0 Å². The van der Waals surface area contributed by atoms with E-state index >= 15 is 0 Å². The highest BCUT2D eigenvalue weighted by Gasteiger charge is 2.13. The molecule has 0 radical (unpaired) electrons. The van der Waals surface area contributed by atoms with Crippen molar-refractivity contribution in [1.82, 2.24) is 0 Å². The Balaban J connectivity index is 2.29. The Bertz CT molecular complexity index is 679. The van der Waals surface area contributed by atoms with Gasteiger partial charge in [-0.05, 0) is 30.3 Å². The Labute approximate surface area is 114 Å². The Morgan fingerprint density at radius 1 is 1.26 bits per heavy atom. The molecule has 2 rings (SSSR count). The zero-order chi connectivity index (χ0) is 13.8. The maximum absolute atomic E-state index is 13.6. The zero-order valence-corrected chi connectivity index (χ0v) is 10.4. The summed E-state index contributed by atoms with van der Waals surface area (Å²) in [6.07, 6.45) is 0. The Kier molecular flexibility index (Phi) is 3.79. The van der Waals surface area contributed by atoms with Crippen molar-refractivity contribution in [3.8, 4) is 6.07 Å². The van der Waals surface area contributed by atoms with Gasteiger partial charge in [0.15, 0.2) is 0 Å². The summed E-state index contributed by atoms with van der Waals surface area (Å²) in [6.45, 7) is 0. The standard InChI is InChI=1S/C14H8ClFN2O/c15-10-5-6-11(12(16)7-10)14(19)18-13-4-2-1-3-9(13)8-17/h1-7H,(H,18,19). The molecule has 2 aromatic carbocycles. The average molecular weight is 275 g/mol. The summed E-state index contributed by atoms with van der Waals surface area (Å²) in [4.78, 5) is 11.9. The summed E-state index contributed by atoms with van der Waals surface area (Å²) < 4.78 is 13.6. The molecule has 0 aliphatic rings. The SMILES string of the molecule is N#Cc1ccccc1NC(=O)c1ccc(Cl)cc1F. The van der Waals surface area contributed by atoms with Gasteiger partial charge >= 0.3 is 0 Å². The summed E-state index contributed by atoms with van der Waals surface area (Å²) in [5.41, 5.74) is 0.520. The number of hydrogen-bond donors (Lipinski definition) is 1. The molecule has 0 atom stereocenters. The van der Waals surface area contributed by atoms with Crippen LogP contribution in [0.25, 0.3) is 0 Å². The monoisotopic (exact) mass is 274 g/mol. The van der Waals surface area contributed by atoms with Crippen LogP contribution in [0.2, 0.25) is 5.02 Å². The maximum atomic E-state index is 13.6. The second kappa shape index (κ2) is 5.51. The molecule has 2 aromatic rings. The van der Waals surface area contributed by atoms with Crippen molar-refractivity contribution < 1.29 is 9.18 Å². The fourth-order valence-electron chi connectivity index (χ4n) is 1.55. The van der Waals surface area contributed by atoms with Crippen LogP contribution in [0.15, 0.2) is 42.5 Å². The number of hydrogen-bond acceptors (Lipinski definition) is 2. The van der Waals surface area contributed by atoms with Gasteiger partial charge in [0.05, 0.1) is 16.8 Å². The molecule has 0 aromatic heterocycles. The van der Waals surface area contributed by atoms with Crippen LogP contribution < -0.4 is 5.32 Å². The van der Waals surface area contributed by atoms with E-state index in [4.69, 9.17) is 16.9 Å². The topological polar surface area (TPSA) is 52.9 Å². The minimum absolute atomic E-state index is 0.128. The van der Waals surface area contributed by atoms with Crippen LogP contribution in [0.4, 0.5) is 10.1 Å². The van der Waals surface area contributed by atoms with Gasteiger partial charge in [-0.15, -0.1) is 0 Å². The molecule has 5 heteroatoms. The van der Waals surface area contributed by atoms with E-state index in [1.54, 1.807) is 24.3 Å². The van der Waals surface area contributed by atoms with E-state index in [-0.39, 0.29) is 10.6 Å². The lowest BCUT2D eigenvalue weighted by molar-refractivity contribution is 0.102. The molecule has 1 N–H and O–H groups in total. The Hall–Kier alpha value is -2.38. The van der Waals surface area contributed by atoms with Crippen molar-refractivity contribution in [3.05, 3.63) is 64.4 Å². The molecule has 1 amide bonds. The number of carbonyl (C=O) groups excluding carboxylic acids is 1. The first kappa shape index (κ1) is 13.1. The molecule has 0 aliphatic heterocycles. The molecule has 0 saturated heterocycles. The number of para-hydroxylation sites is 1. The first-order valence-electron chi connectivity index (χ1n) is 5.37. The number of rotatable bonds is 2. The minimum atomic E-state index is -0.709. The van der Waals surface area contributed by atoms with Crippen molar-refractivity contribution in [1.29, 1.82) is 5.26 Å². The van der Waals surface area contributed by atoms with E-state index in [0.29, 0.717) is 11.3 Å².